The van der Waals surface area contributed by atoms with Gasteiger partial charge in [-0.15, -0.1) is 0 Å². The molecule has 0 bridgehead atoms. The SMILES string of the molecule is CC(C)CN(C)Cc1ccc2cc3c(c(O)c2c1)C(=O)C1C(=O)C2(O)C(=O)C(C(N)=O)C(=O)C(N(C)C)C2CC1C3. The Bertz CT molecular complexity index is 1500. The standard InChI is InChI=1S/C31H37N3O7/c1-14(2)12-34(5)13-15-6-7-16-9-17-10-18-11-20-24(33(3)4)27(37)23(30(32)40)29(39)31(20,41)28(38)22(18)26(36)21(17)25(35)19(16)8-15/h6-9,14,18,20,22-24,35,41H,10-13H2,1-5H3,(H2,32,40). The molecule has 3 aliphatic carbocycles. The van der Waals surface area contributed by atoms with E-state index >= 15 is 0 Å². The molecule has 2 aromatic rings. The molecule has 0 saturated heterocycles. The van der Waals surface area contributed by atoms with Crippen LogP contribution in [0.25, 0.3) is 10.8 Å². The Kier molecular flexibility index (Phi) is 7.16. The molecule has 5 rings (SSSR count). The summed E-state index contributed by atoms with van der Waals surface area (Å²) < 4.78 is 0. The summed E-state index contributed by atoms with van der Waals surface area (Å²) in [4.78, 5) is 70.3. The first-order chi connectivity index (χ1) is 19.2. The fourth-order valence-electron chi connectivity index (χ4n) is 7.52. The number of aliphatic hydroxyl groups is 1. The lowest BCUT2D eigenvalue weighted by atomic mass is 9.52. The number of nitrogens with zero attached hydrogens (tertiary/aromatic N) is 2. The van der Waals surface area contributed by atoms with E-state index in [2.05, 4.69) is 18.7 Å². The Balaban J connectivity index is 1.57. The monoisotopic (exact) mass is 563 g/mol. The number of fused-ring (bicyclic) bond motifs is 4. The molecule has 1 amide bonds. The highest BCUT2D eigenvalue weighted by atomic mass is 16.3. The van der Waals surface area contributed by atoms with Crippen molar-refractivity contribution in [3.8, 4) is 5.75 Å². The quantitative estimate of drug-likeness (QED) is 0.438. The molecule has 0 spiro atoms. The number of hydrogen-bond acceptors (Lipinski definition) is 9. The predicted molar refractivity (Wildman–Crippen MR) is 150 cm³/mol. The summed E-state index contributed by atoms with van der Waals surface area (Å²) in [6.45, 7) is 5.79. The fourth-order valence-corrected chi connectivity index (χ4v) is 7.52. The molecular formula is C31H37N3O7. The van der Waals surface area contributed by atoms with Crippen LogP contribution in [0.3, 0.4) is 0 Å². The van der Waals surface area contributed by atoms with Crippen LogP contribution in [0.15, 0.2) is 24.3 Å². The molecule has 2 fully saturated rings. The van der Waals surface area contributed by atoms with Gasteiger partial charge in [-0.1, -0.05) is 32.0 Å². The first kappa shape index (κ1) is 29.0. The van der Waals surface area contributed by atoms with Gasteiger partial charge in [-0.2, -0.15) is 0 Å². The molecule has 6 atom stereocenters. The fraction of sp³-hybridized carbons (Fsp3) is 0.516. The van der Waals surface area contributed by atoms with Gasteiger partial charge in [0.15, 0.2) is 34.7 Å². The number of phenols is 1. The van der Waals surface area contributed by atoms with Crippen LogP contribution in [0.2, 0.25) is 0 Å². The van der Waals surface area contributed by atoms with E-state index in [9.17, 15) is 34.2 Å². The Hall–Kier alpha value is -3.47. The Labute approximate surface area is 238 Å². The number of primary amides is 1. The van der Waals surface area contributed by atoms with E-state index in [-0.39, 0.29) is 24.2 Å². The van der Waals surface area contributed by atoms with E-state index in [4.69, 9.17) is 5.73 Å². The average molecular weight is 564 g/mol. The number of phenolic OH excluding ortho intramolecular Hbond substituents is 1. The van der Waals surface area contributed by atoms with Crippen molar-refractivity contribution in [3.63, 3.8) is 0 Å². The van der Waals surface area contributed by atoms with Gasteiger partial charge in [0.05, 0.1) is 17.5 Å². The molecule has 0 aromatic heterocycles. The van der Waals surface area contributed by atoms with Crippen molar-refractivity contribution in [2.75, 3.05) is 27.7 Å². The zero-order valence-electron chi connectivity index (χ0n) is 24.0. The smallest absolute Gasteiger partial charge is 0.235 e. The van der Waals surface area contributed by atoms with Gasteiger partial charge >= 0.3 is 0 Å². The van der Waals surface area contributed by atoms with Crippen LogP contribution in [0.4, 0.5) is 0 Å². The van der Waals surface area contributed by atoms with Crippen molar-refractivity contribution < 1.29 is 34.2 Å². The van der Waals surface area contributed by atoms with Crippen LogP contribution in [0.1, 0.15) is 41.8 Å². The largest absolute Gasteiger partial charge is 0.507 e. The molecule has 2 saturated carbocycles. The maximum atomic E-state index is 14.0. The first-order valence-electron chi connectivity index (χ1n) is 14.0. The van der Waals surface area contributed by atoms with Gasteiger partial charge in [0.2, 0.25) is 5.91 Å². The van der Waals surface area contributed by atoms with Gasteiger partial charge in [0, 0.05) is 24.4 Å². The van der Waals surface area contributed by atoms with E-state index in [1.165, 1.54) is 4.90 Å². The van der Waals surface area contributed by atoms with Crippen molar-refractivity contribution in [2.45, 2.75) is 44.9 Å². The van der Waals surface area contributed by atoms with Gasteiger partial charge in [-0.05, 0) is 68.4 Å². The highest BCUT2D eigenvalue weighted by Gasteiger charge is 2.69. The van der Waals surface area contributed by atoms with E-state index in [1.54, 1.807) is 14.1 Å². The second-order valence-corrected chi connectivity index (χ2v) is 12.7. The van der Waals surface area contributed by atoms with Crippen LogP contribution in [0, 0.1) is 29.6 Å². The number of carbonyl (C=O) groups is 5. The molecule has 41 heavy (non-hydrogen) atoms. The topological polar surface area (TPSA) is 158 Å². The molecule has 0 heterocycles. The average Bonchev–Trinajstić information content (AvgIpc) is 2.85. The molecule has 10 nitrogen and oxygen atoms in total. The lowest BCUT2D eigenvalue weighted by Crippen LogP contribution is -2.74. The van der Waals surface area contributed by atoms with Crippen molar-refractivity contribution in [1.29, 1.82) is 0 Å². The zero-order chi connectivity index (χ0) is 30.1. The Morgan fingerprint density at radius 1 is 1.10 bits per heavy atom. The number of amides is 1. The normalized spacial score (nSPS) is 29.7. The maximum Gasteiger partial charge on any atom is 0.235 e. The van der Waals surface area contributed by atoms with Crippen LogP contribution >= 0.6 is 0 Å². The number of carbonyl (C=O) groups excluding carboxylic acids is 5. The summed E-state index contributed by atoms with van der Waals surface area (Å²) in [5.41, 5.74) is 4.19. The molecular weight excluding hydrogens is 526 g/mol. The summed E-state index contributed by atoms with van der Waals surface area (Å²) in [6.07, 6.45) is 0.276. The number of hydrogen-bond donors (Lipinski definition) is 3. The molecule has 2 aromatic carbocycles. The van der Waals surface area contributed by atoms with E-state index in [0.29, 0.717) is 23.4 Å². The van der Waals surface area contributed by atoms with Gasteiger partial charge in [0.25, 0.3) is 0 Å². The molecule has 6 unspecified atom stereocenters. The van der Waals surface area contributed by atoms with Gasteiger partial charge in [-0.3, -0.25) is 28.9 Å². The summed E-state index contributed by atoms with van der Waals surface area (Å²) in [5.74, 6) is -9.85. The lowest BCUT2D eigenvalue weighted by molar-refractivity contribution is -0.181. The van der Waals surface area contributed by atoms with Crippen LogP contribution in [-0.2, 0) is 32.1 Å². The minimum absolute atomic E-state index is 0.0109. The van der Waals surface area contributed by atoms with Gasteiger partial charge in [-0.25, -0.2) is 0 Å². The minimum Gasteiger partial charge on any atom is -0.507 e. The lowest BCUT2D eigenvalue weighted by Gasteiger charge is -2.52. The van der Waals surface area contributed by atoms with Crippen LogP contribution in [-0.4, -0.2) is 88.4 Å². The first-order valence-corrected chi connectivity index (χ1v) is 14.0. The minimum atomic E-state index is -2.72. The number of likely N-dealkylation sites (N-methyl/N-ethyl adjacent to an activating group) is 1. The van der Waals surface area contributed by atoms with Crippen molar-refractivity contribution in [1.82, 2.24) is 9.80 Å². The summed E-state index contributed by atoms with van der Waals surface area (Å²) in [5, 5.41) is 24.3. The maximum absolute atomic E-state index is 14.0. The third-order valence-corrected chi connectivity index (χ3v) is 9.06. The number of benzene rings is 2. The van der Waals surface area contributed by atoms with Gasteiger partial charge < -0.3 is 20.8 Å². The van der Waals surface area contributed by atoms with Crippen molar-refractivity contribution >= 4 is 39.8 Å². The molecule has 0 aliphatic heterocycles. The number of Topliss-reactive ketones (excluding diaryl/α,β-unsaturated/α-hetero) is 4. The molecule has 0 radical (unpaired) electrons. The predicted octanol–water partition coefficient (Wildman–Crippen LogP) is 1.11. The number of aromatic hydroxyl groups is 1. The number of ketones is 4. The van der Waals surface area contributed by atoms with Crippen molar-refractivity contribution in [2.24, 2.45) is 35.3 Å². The third-order valence-electron chi connectivity index (χ3n) is 9.06. The summed E-state index contributed by atoms with van der Waals surface area (Å²) in [6, 6.07) is 6.45. The highest BCUT2D eigenvalue weighted by molar-refractivity contribution is 6.32. The second-order valence-electron chi connectivity index (χ2n) is 12.7. The molecule has 218 valence electrons. The summed E-state index contributed by atoms with van der Waals surface area (Å²) >= 11 is 0. The Morgan fingerprint density at radius 2 is 1.78 bits per heavy atom. The van der Waals surface area contributed by atoms with Gasteiger partial charge in [0.1, 0.15) is 5.75 Å². The van der Waals surface area contributed by atoms with Crippen LogP contribution < -0.4 is 5.73 Å². The highest BCUT2D eigenvalue weighted by Crippen LogP contribution is 2.51. The zero-order valence-corrected chi connectivity index (χ0v) is 24.0. The van der Waals surface area contributed by atoms with E-state index in [0.717, 1.165) is 17.5 Å². The van der Waals surface area contributed by atoms with E-state index in [1.807, 2.05) is 31.3 Å². The van der Waals surface area contributed by atoms with Crippen LogP contribution in [0.5, 0.6) is 5.75 Å². The second kappa shape index (κ2) is 10.1. The van der Waals surface area contributed by atoms with Crippen molar-refractivity contribution in [3.05, 3.63) is 41.0 Å². The summed E-state index contributed by atoms with van der Waals surface area (Å²) in [7, 11) is 5.14. The Morgan fingerprint density at radius 3 is 2.39 bits per heavy atom. The molecule has 4 N–H and O–H groups in total. The molecule has 10 heteroatoms. The molecule has 3 aliphatic rings. The number of rotatable bonds is 6. The van der Waals surface area contributed by atoms with E-state index < -0.39 is 64.4 Å². The number of nitrogens with two attached hydrogens (primary N) is 1. The third kappa shape index (κ3) is 4.40.